The van der Waals surface area contributed by atoms with Crippen molar-refractivity contribution in [1.82, 2.24) is 0 Å². The highest BCUT2D eigenvalue weighted by atomic mass is 79.9. The Hall–Kier alpha value is 0.430. The average Bonchev–Trinajstić information content (AvgIpc) is 2.74. The van der Waals surface area contributed by atoms with Crippen molar-refractivity contribution in [2.45, 2.75) is 31.7 Å². The highest BCUT2D eigenvalue weighted by molar-refractivity contribution is 9.11. The molecule has 0 saturated carbocycles. The zero-order chi connectivity index (χ0) is 11.0. The van der Waals surface area contributed by atoms with Crippen LogP contribution in [0.15, 0.2) is 9.85 Å². The van der Waals surface area contributed by atoms with Gasteiger partial charge in [0.1, 0.15) is 0 Å². The lowest BCUT2D eigenvalue weighted by molar-refractivity contribution is 0.105. The molecule has 84 valence electrons. The first kappa shape index (κ1) is 11.9. The lowest BCUT2D eigenvalue weighted by Gasteiger charge is -2.18. The molecule has 0 aromatic carbocycles. The zero-order valence-electron chi connectivity index (χ0n) is 8.80. The predicted octanol–water partition coefficient (Wildman–Crippen LogP) is 4.52. The summed E-state index contributed by atoms with van der Waals surface area (Å²) in [4.78, 5) is 1.25. The number of aryl methyl sites for hydroxylation is 1. The van der Waals surface area contributed by atoms with Gasteiger partial charge in [-0.15, -0.1) is 22.9 Å². The highest BCUT2D eigenvalue weighted by Crippen LogP contribution is 2.42. The number of alkyl halides is 1. The normalized spacial score (nSPS) is 28.3. The van der Waals surface area contributed by atoms with Gasteiger partial charge in [-0.05, 0) is 47.8 Å². The Bertz CT molecular complexity index is 333. The van der Waals surface area contributed by atoms with Gasteiger partial charge in [0.05, 0.1) is 15.3 Å². The monoisotopic (exact) mass is 308 g/mol. The van der Waals surface area contributed by atoms with Crippen molar-refractivity contribution in [2.75, 3.05) is 6.61 Å². The molecule has 0 aliphatic carbocycles. The van der Waals surface area contributed by atoms with Crippen LogP contribution >= 0.6 is 38.9 Å². The lowest BCUT2D eigenvalue weighted by atomic mass is 9.97. The van der Waals surface area contributed by atoms with Crippen LogP contribution in [0.2, 0.25) is 0 Å². The van der Waals surface area contributed by atoms with E-state index in [0.29, 0.717) is 5.92 Å². The van der Waals surface area contributed by atoms with Gasteiger partial charge in [-0.2, -0.15) is 0 Å². The minimum atomic E-state index is 0.0949. The van der Waals surface area contributed by atoms with E-state index in [4.69, 9.17) is 16.3 Å². The fraction of sp³-hybridized carbons (Fsp3) is 0.636. The van der Waals surface area contributed by atoms with E-state index >= 15 is 0 Å². The van der Waals surface area contributed by atoms with Crippen molar-refractivity contribution in [3.8, 4) is 0 Å². The third kappa shape index (κ3) is 2.41. The molecule has 0 bridgehead atoms. The van der Waals surface area contributed by atoms with Crippen LogP contribution in [0.25, 0.3) is 0 Å². The fourth-order valence-corrected chi connectivity index (χ4v) is 4.12. The maximum atomic E-state index is 6.50. The van der Waals surface area contributed by atoms with Crippen LogP contribution in [0.4, 0.5) is 0 Å². The van der Waals surface area contributed by atoms with Gasteiger partial charge < -0.3 is 4.74 Å². The highest BCUT2D eigenvalue weighted by Gasteiger charge is 2.32. The topological polar surface area (TPSA) is 9.23 Å². The summed E-state index contributed by atoms with van der Waals surface area (Å²) in [5.41, 5.74) is 1.27. The molecule has 1 fully saturated rings. The van der Waals surface area contributed by atoms with E-state index < -0.39 is 0 Å². The second-order valence-electron chi connectivity index (χ2n) is 4.04. The minimum Gasteiger partial charge on any atom is -0.378 e. The second-order valence-corrected chi connectivity index (χ2v) is 6.91. The van der Waals surface area contributed by atoms with Gasteiger partial charge in [-0.25, -0.2) is 0 Å². The van der Waals surface area contributed by atoms with E-state index in [1.165, 1.54) is 14.2 Å². The first-order valence-corrected chi connectivity index (χ1v) is 7.15. The van der Waals surface area contributed by atoms with Crippen LogP contribution < -0.4 is 0 Å². The van der Waals surface area contributed by atoms with Gasteiger partial charge in [0.15, 0.2) is 0 Å². The predicted molar refractivity (Wildman–Crippen MR) is 68.9 cm³/mol. The number of halogens is 2. The van der Waals surface area contributed by atoms with Crippen LogP contribution in [0.1, 0.15) is 29.2 Å². The summed E-state index contributed by atoms with van der Waals surface area (Å²) in [5, 5.41) is 0.0949. The van der Waals surface area contributed by atoms with Gasteiger partial charge in [0.25, 0.3) is 0 Å². The van der Waals surface area contributed by atoms with Gasteiger partial charge >= 0.3 is 0 Å². The molecular weight excluding hydrogens is 296 g/mol. The first-order chi connectivity index (χ1) is 7.09. The third-order valence-electron chi connectivity index (χ3n) is 2.96. The van der Waals surface area contributed by atoms with Gasteiger partial charge in [-0.3, -0.25) is 0 Å². The maximum Gasteiger partial charge on any atom is 0.0732 e. The molecule has 1 aromatic rings. The van der Waals surface area contributed by atoms with Crippen molar-refractivity contribution in [1.29, 1.82) is 0 Å². The summed E-state index contributed by atoms with van der Waals surface area (Å²) in [6, 6.07) is 2.18. The molecule has 3 atom stereocenters. The molecule has 1 saturated heterocycles. The Morgan fingerprint density at radius 1 is 1.67 bits per heavy atom. The summed E-state index contributed by atoms with van der Waals surface area (Å²) < 4.78 is 6.74. The second kappa shape index (κ2) is 4.74. The molecule has 2 rings (SSSR count). The first-order valence-electron chi connectivity index (χ1n) is 5.11. The van der Waals surface area contributed by atoms with Crippen LogP contribution in [-0.4, -0.2) is 12.7 Å². The Morgan fingerprint density at radius 3 is 2.87 bits per heavy atom. The smallest absolute Gasteiger partial charge is 0.0732 e. The average molecular weight is 310 g/mol. The Morgan fingerprint density at radius 2 is 2.40 bits per heavy atom. The van der Waals surface area contributed by atoms with Crippen LogP contribution in [0.3, 0.4) is 0 Å². The van der Waals surface area contributed by atoms with E-state index in [0.717, 1.165) is 13.0 Å². The molecule has 2 heterocycles. The molecule has 3 unspecified atom stereocenters. The largest absolute Gasteiger partial charge is 0.378 e. The Labute approximate surface area is 108 Å². The van der Waals surface area contributed by atoms with Crippen molar-refractivity contribution < 1.29 is 4.74 Å². The van der Waals surface area contributed by atoms with E-state index in [1.54, 1.807) is 11.3 Å². The van der Waals surface area contributed by atoms with E-state index in [9.17, 15) is 0 Å². The molecule has 4 heteroatoms. The summed E-state index contributed by atoms with van der Waals surface area (Å²) in [7, 11) is 0. The summed E-state index contributed by atoms with van der Waals surface area (Å²) in [6.07, 6.45) is 1.36. The maximum absolute atomic E-state index is 6.50. The molecule has 1 aromatic heterocycles. The number of rotatable bonds is 2. The molecular formula is C11H14BrClOS. The number of hydrogen-bond donors (Lipinski definition) is 0. The SMILES string of the molecule is Cc1cc(C(Cl)C2CCOC2C)sc1Br. The van der Waals surface area contributed by atoms with E-state index in [-0.39, 0.29) is 11.5 Å². The molecule has 0 amide bonds. The molecule has 0 spiro atoms. The van der Waals surface area contributed by atoms with E-state index in [1.807, 2.05) is 0 Å². The quantitative estimate of drug-likeness (QED) is 0.730. The van der Waals surface area contributed by atoms with E-state index in [2.05, 4.69) is 35.8 Å². The third-order valence-corrected chi connectivity index (χ3v) is 5.87. The number of hydrogen-bond acceptors (Lipinski definition) is 2. The van der Waals surface area contributed by atoms with Gasteiger partial charge in [0.2, 0.25) is 0 Å². The number of ether oxygens (including phenoxy) is 1. The molecule has 1 aliphatic rings. The lowest BCUT2D eigenvalue weighted by Crippen LogP contribution is -2.15. The molecule has 1 aliphatic heterocycles. The van der Waals surface area contributed by atoms with Crippen LogP contribution in [0.5, 0.6) is 0 Å². The summed E-state index contributed by atoms with van der Waals surface area (Å²) in [6.45, 7) is 5.06. The molecule has 1 nitrogen and oxygen atoms in total. The number of thiophene rings is 1. The van der Waals surface area contributed by atoms with Crippen molar-refractivity contribution in [2.24, 2.45) is 5.92 Å². The molecule has 15 heavy (non-hydrogen) atoms. The molecule has 0 N–H and O–H groups in total. The minimum absolute atomic E-state index is 0.0949. The van der Waals surface area contributed by atoms with Crippen LogP contribution in [0, 0.1) is 12.8 Å². The van der Waals surface area contributed by atoms with Gasteiger partial charge in [-0.1, -0.05) is 0 Å². The van der Waals surface area contributed by atoms with Gasteiger partial charge in [0, 0.05) is 17.4 Å². The van der Waals surface area contributed by atoms with Crippen molar-refractivity contribution >= 4 is 38.9 Å². The zero-order valence-corrected chi connectivity index (χ0v) is 12.0. The molecule has 0 radical (unpaired) electrons. The fourth-order valence-electron chi connectivity index (χ4n) is 1.96. The Kier molecular flexibility index (Phi) is 3.76. The van der Waals surface area contributed by atoms with Crippen molar-refractivity contribution in [3.05, 3.63) is 20.3 Å². The van der Waals surface area contributed by atoms with Crippen LogP contribution in [-0.2, 0) is 4.74 Å². The summed E-state index contributed by atoms with van der Waals surface area (Å²) >= 11 is 11.8. The Balaban J connectivity index is 2.16. The summed E-state index contributed by atoms with van der Waals surface area (Å²) in [5.74, 6) is 0.455. The van der Waals surface area contributed by atoms with Crippen molar-refractivity contribution in [3.63, 3.8) is 0 Å². The standard InChI is InChI=1S/C11H14BrClOS/c1-6-5-9(15-11(6)12)10(13)8-3-4-14-7(8)2/h5,7-8,10H,3-4H2,1-2H3.